The number of rotatable bonds is 1. The maximum atomic E-state index is 13.6. The zero-order chi connectivity index (χ0) is 14.4. The Balaban J connectivity index is 2.01. The highest BCUT2D eigenvalue weighted by Gasteiger charge is 2.26. The summed E-state index contributed by atoms with van der Waals surface area (Å²) in [5, 5.41) is 0.119. The van der Waals surface area contributed by atoms with Gasteiger partial charge in [0.25, 0.3) is 5.91 Å². The quantitative estimate of drug-likeness (QED) is 0.783. The van der Waals surface area contributed by atoms with Crippen molar-refractivity contribution in [3.8, 4) is 0 Å². The third kappa shape index (κ3) is 1.94. The lowest BCUT2D eigenvalue weighted by Gasteiger charge is -2.14. The second kappa shape index (κ2) is 4.52. The van der Waals surface area contributed by atoms with Crippen LogP contribution in [0.15, 0.2) is 12.1 Å². The largest absolute Gasteiger partial charge is 0.348 e. The molecule has 1 atom stereocenters. The Bertz CT molecular complexity index is 698. The Hall–Kier alpha value is -2.02. The number of carbonyl (C=O) groups excluding carboxylic acids is 1. The minimum Gasteiger partial charge on any atom is -0.348 e. The van der Waals surface area contributed by atoms with E-state index in [0.29, 0.717) is 19.5 Å². The van der Waals surface area contributed by atoms with Crippen LogP contribution in [0.3, 0.4) is 0 Å². The number of halogens is 3. The monoisotopic (exact) mass is 283 g/mol. The number of likely N-dealkylation sites (tertiary alicyclic amines) is 1. The summed E-state index contributed by atoms with van der Waals surface area (Å²) in [7, 11) is 0. The molecule has 0 bridgehead atoms. The van der Waals surface area contributed by atoms with Gasteiger partial charge in [-0.3, -0.25) is 4.79 Å². The summed E-state index contributed by atoms with van der Waals surface area (Å²) in [4.78, 5) is 16.2. The van der Waals surface area contributed by atoms with Crippen LogP contribution in [0.2, 0.25) is 0 Å². The predicted molar refractivity (Wildman–Crippen MR) is 66.7 cm³/mol. The van der Waals surface area contributed by atoms with Crippen LogP contribution in [0, 0.1) is 17.5 Å². The van der Waals surface area contributed by atoms with Gasteiger partial charge in [0.15, 0.2) is 17.5 Å². The fourth-order valence-electron chi connectivity index (χ4n) is 2.44. The van der Waals surface area contributed by atoms with Crippen LogP contribution < -0.4 is 5.73 Å². The van der Waals surface area contributed by atoms with Gasteiger partial charge in [0.2, 0.25) is 0 Å². The van der Waals surface area contributed by atoms with E-state index in [-0.39, 0.29) is 28.5 Å². The Labute approximate surface area is 112 Å². The highest BCUT2D eigenvalue weighted by atomic mass is 19.2. The molecule has 20 heavy (non-hydrogen) atoms. The lowest BCUT2D eigenvalue weighted by atomic mass is 10.2. The summed E-state index contributed by atoms with van der Waals surface area (Å²) in [6, 6.07) is 2.10. The van der Waals surface area contributed by atoms with Crippen molar-refractivity contribution in [1.82, 2.24) is 9.88 Å². The number of benzene rings is 1. The molecular weight excluding hydrogens is 271 g/mol. The number of fused-ring (bicyclic) bond motifs is 1. The summed E-state index contributed by atoms with van der Waals surface area (Å²) in [5.41, 5.74) is 5.60. The Morgan fingerprint density at radius 1 is 1.30 bits per heavy atom. The van der Waals surface area contributed by atoms with Crippen LogP contribution >= 0.6 is 0 Å². The maximum absolute atomic E-state index is 13.6. The number of amides is 1. The molecule has 1 fully saturated rings. The number of H-pyrrole nitrogens is 1. The van der Waals surface area contributed by atoms with Crippen molar-refractivity contribution in [3.05, 3.63) is 35.3 Å². The molecule has 0 saturated carbocycles. The van der Waals surface area contributed by atoms with Crippen LogP contribution in [-0.2, 0) is 0 Å². The maximum Gasteiger partial charge on any atom is 0.270 e. The fraction of sp³-hybridized carbons (Fsp3) is 0.308. The minimum atomic E-state index is -1.55. The van der Waals surface area contributed by atoms with Crippen molar-refractivity contribution in [3.63, 3.8) is 0 Å². The van der Waals surface area contributed by atoms with Gasteiger partial charge in [0.05, 0.1) is 5.52 Å². The number of aromatic amines is 1. The van der Waals surface area contributed by atoms with Gasteiger partial charge in [-0.1, -0.05) is 0 Å². The zero-order valence-electron chi connectivity index (χ0n) is 10.4. The van der Waals surface area contributed by atoms with Crippen molar-refractivity contribution in [2.45, 2.75) is 12.5 Å². The van der Waals surface area contributed by atoms with Crippen LogP contribution in [-0.4, -0.2) is 34.9 Å². The zero-order valence-corrected chi connectivity index (χ0v) is 10.4. The van der Waals surface area contributed by atoms with E-state index in [1.54, 1.807) is 0 Å². The molecule has 0 aliphatic carbocycles. The van der Waals surface area contributed by atoms with Gasteiger partial charge in [0.1, 0.15) is 5.69 Å². The lowest BCUT2D eigenvalue weighted by molar-refractivity contribution is 0.0786. The Morgan fingerprint density at radius 2 is 2.05 bits per heavy atom. The molecular formula is C13H12F3N3O. The number of carbonyl (C=O) groups is 1. The predicted octanol–water partition coefficient (Wildman–Crippen LogP) is 1.76. The van der Waals surface area contributed by atoms with Crippen molar-refractivity contribution in [2.75, 3.05) is 13.1 Å². The SMILES string of the molecule is N[C@@H]1CCN(C(=O)c2cc3cc(F)c(F)c(F)c3[nH]2)C1. The van der Waals surface area contributed by atoms with E-state index < -0.39 is 17.5 Å². The third-order valence-corrected chi connectivity index (χ3v) is 3.49. The van der Waals surface area contributed by atoms with Crippen LogP contribution in [0.5, 0.6) is 0 Å². The number of nitrogens with two attached hydrogens (primary N) is 1. The molecule has 4 nitrogen and oxygen atoms in total. The Morgan fingerprint density at radius 3 is 2.70 bits per heavy atom. The molecule has 2 aromatic rings. The van der Waals surface area contributed by atoms with E-state index in [4.69, 9.17) is 5.73 Å². The van der Waals surface area contributed by atoms with Crippen molar-refractivity contribution >= 4 is 16.8 Å². The highest BCUT2D eigenvalue weighted by molar-refractivity contribution is 5.98. The second-order valence-corrected chi connectivity index (χ2v) is 4.93. The molecule has 106 valence electrons. The normalized spacial score (nSPS) is 19.0. The van der Waals surface area contributed by atoms with Crippen molar-refractivity contribution in [2.24, 2.45) is 5.73 Å². The average molecular weight is 283 g/mol. The smallest absolute Gasteiger partial charge is 0.270 e. The van der Waals surface area contributed by atoms with Crippen LogP contribution in [0.4, 0.5) is 13.2 Å². The number of aromatic nitrogens is 1. The van der Waals surface area contributed by atoms with E-state index >= 15 is 0 Å². The molecule has 0 spiro atoms. The molecule has 0 unspecified atom stereocenters. The summed E-state index contributed by atoms with van der Waals surface area (Å²) < 4.78 is 39.9. The van der Waals surface area contributed by atoms with Crippen molar-refractivity contribution < 1.29 is 18.0 Å². The first-order valence-corrected chi connectivity index (χ1v) is 6.18. The van der Waals surface area contributed by atoms with Gasteiger partial charge in [-0.25, -0.2) is 13.2 Å². The number of nitrogens with zero attached hydrogens (tertiary/aromatic N) is 1. The lowest BCUT2D eigenvalue weighted by Crippen LogP contribution is -2.32. The van der Waals surface area contributed by atoms with Gasteiger partial charge < -0.3 is 15.6 Å². The second-order valence-electron chi connectivity index (χ2n) is 4.93. The first-order chi connectivity index (χ1) is 9.47. The molecule has 1 aromatic carbocycles. The van der Waals surface area contributed by atoms with Crippen LogP contribution in [0.1, 0.15) is 16.9 Å². The van der Waals surface area contributed by atoms with Crippen molar-refractivity contribution in [1.29, 1.82) is 0 Å². The van der Waals surface area contributed by atoms with Crippen LogP contribution in [0.25, 0.3) is 10.9 Å². The summed E-state index contributed by atoms with van der Waals surface area (Å²) >= 11 is 0. The van der Waals surface area contributed by atoms with E-state index in [1.807, 2.05) is 0 Å². The summed E-state index contributed by atoms with van der Waals surface area (Å²) in [6.07, 6.45) is 0.698. The molecule has 1 aliphatic rings. The third-order valence-electron chi connectivity index (χ3n) is 3.49. The molecule has 1 aromatic heterocycles. The van der Waals surface area contributed by atoms with Gasteiger partial charge in [-0.05, 0) is 18.6 Å². The molecule has 1 aliphatic heterocycles. The molecule has 2 heterocycles. The fourth-order valence-corrected chi connectivity index (χ4v) is 2.44. The van der Waals surface area contributed by atoms with Gasteiger partial charge in [-0.15, -0.1) is 0 Å². The molecule has 3 rings (SSSR count). The summed E-state index contributed by atoms with van der Waals surface area (Å²) in [6.45, 7) is 0.931. The first-order valence-electron chi connectivity index (χ1n) is 6.18. The highest BCUT2D eigenvalue weighted by Crippen LogP contribution is 2.24. The standard InChI is InChI=1S/C13H12F3N3O/c14-8-3-6-4-9(18-12(6)11(16)10(8)15)13(20)19-2-1-7(17)5-19/h3-4,7,18H,1-2,5,17H2/t7-/m1/s1. The average Bonchev–Trinajstić information content (AvgIpc) is 3.02. The molecule has 1 amide bonds. The number of hydrogen-bond acceptors (Lipinski definition) is 2. The van der Waals surface area contributed by atoms with E-state index in [9.17, 15) is 18.0 Å². The first kappa shape index (κ1) is 13.0. The summed E-state index contributed by atoms with van der Waals surface area (Å²) in [5.74, 6) is -4.51. The number of hydrogen-bond donors (Lipinski definition) is 2. The number of nitrogens with one attached hydrogen (secondary N) is 1. The minimum absolute atomic E-state index is 0.0741. The van der Waals surface area contributed by atoms with E-state index in [2.05, 4.69) is 4.98 Å². The molecule has 7 heteroatoms. The van der Waals surface area contributed by atoms with Gasteiger partial charge in [0, 0.05) is 24.5 Å². The van der Waals surface area contributed by atoms with Gasteiger partial charge in [-0.2, -0.15) is 0 Å². The molecule has 1 saturated heterocycles. The Kier molecular flexibility index (Phi) is 2.93. The molecule has 0 radical (unpaired) electrons. The molecule has 3 N–H and O–H groups in total. The van der Waals surface area contributed by atoms with Gasteiger partial charge >= 0.3 is 0 Å². The van der Waals surface area contributed by atoms with E-state index in [1.165, 1.54) is 11.0 Å². The topological polar surface area (TPSA) is 62.1 Å². The van der Waals surface area contributed by atoms with E-state index in [0.717, 1.165) is 6.07 Å².